The molecule has 1 aromatic heterocycles. The lowest BCUT2D eigenvalue weighted by atomic mass is 9.85. The molecule has 5 heteroatoms. The number of likely N-dealkylation sites (tertiary alicyclic amines) is 1. The molecular weight excluding hydrogens is 306 g/mol. The predicted molar refractivity (Wildman–Crippen MR) is 93.2 cm³/mol. The smallest absolute Gasteiger partial charge is 0.226 e. The van der Waals surface area contributed by atoms with Gasteiger partial charge in [-0.05, 0) is 44.2 Å². The lowest BCUT2D eigenvalue weighted by Gasteiger charge is -2.31. The molecule has 2 heterocycles. The lowest BCUT2D eigenvalue weighted by Crippen LogP contribution is -2.40. The number of carbonyl (C=O) groups excluding carboxylic acids is 1. The molecule has 2 fully saturated rings. The zero-order valence-electron chi connectivity index (χ0n) is 13.3. The van der Waals surface area contributed by atoms with Crippen molar-refractivity contribution in [1.82, 2.24) is 9.88 Å². The molecule has 4 nitrogen and oxygen atoms in total. The maximum absolute atomic E-state index is 13.0. The average molecular weight is 329 g/mol. The average Bonchev–Trinajstić information content (AvgIpc) is 3.20. The Morgan fingerprint density at radius 2 is 2.09 bits per heavy atom. The van der Waals surface area contributed by atoms with E-state index in [-0.39, 0.29) is 18.0 Å². The number of amides is 1. The summed E-state index contributed by atoms with van der Waals surface area (Å²) in [6, 6.07) is 8.59. The van der Waals surface area contributed by atoms with Crippen LogP contribution in [0.5, 0.6) is 0 Å². The van der Waals surface area contributed by atoms with Gasteiger partial charge in [-0.15, -0.1) is 11.3 Å². The highest BCUT2D eigenvalue weighted by Gasteiger charge is 2.36. The molecule has 2 N–H and O–H groups in total. The SMILES string of the molecule is NC1CCCC(C(=O)N2CCCC2c2nc3ccccc3s2)C1. The number of benzene rings is 1. The Balaban J connectivity index is 1.57. The summed E-state index contributed by atoms with van der Waals surface area (Å²) in [5.41, 5.74) is 7.12. The first-order valence-electron chi connectivity index (χ1n) is 8.64. The van der Waals surface area contributed by atoms with Gasteiger partial charge in [-0.1, -0.05) is 18.6 Å². The van der Waals surface area contributed by atoms with Gasteiger partial charge in [0.2, 0.25) is 5.91 Å². The van der Waals surface area contributed by atoms with Crippen molar-refractivity contribution in [3.05, 3.63) is 29.3 Å². The summed E-state index contributed by atoms with van der Waals surface area (Å²) < 4.78 is 1.21. The van der Waals surface area contributed by atoms with Gasteiger partial charge in [0, 0.05) is 18.5 Å². The second-order valence-electron chi connectivity index (χ2n) is 6.83. The largest absolute Gasteiger partial charge is 0.333 e. The van der Waals surface area contributed by atoms with E-state index in [2.05, 4.69) is 17.0 Å². The van der Waals surface area contributed by atoms with E-state index in [4.69, 9.17) is 10.7 Å². The Labute approximate surface area is 140 Å². The van der Waals surface area contributed by atoms with Crippen LogP contribution in [0.3, 0.4) is 0 Å². The molecule has 3 unspecified atom stereocenters. The summed E-state index contributed by atoms with van der Waals surface area (Å²) in [7, 11) is 0. The lowest BCUT2D eigenvalue weighted by molar-refractivity contribution is -0.137. The summed E-state index contributed by atoms with van der Waals surface area (Å²) in [4.78, 5) is 19.9. The summed E-state index contributed by atoms with van der Waals surface area (Å²) in [6.07, 6.45) is 6.09. The van der Waals surface area contributed by atoms with E-state index in [1.165, 1.54) is 4.70 Å². The zero-order valence-corrected chi connectivity index (χ0v) is 14.1. The Kier molecular flexibility index (Phi) is 4.07. The van der Waals surface area contributed by atoms with E-state index in [9.17, 15) is 4.79 Å². The van der Waals surface area contributed by atoms with Crippen LogP contribution in [0, 0.1) is 5.92 Å². The number of nitrogens with zero attached hydrogens (tertiary/aromatic N) is 2. The van der Waals surface area contributed by atoms with Gasteiger partial charge in [0.1, 0.15) is 5.01 Å². The number of fused-ring (bicyclic) bond motifs is 1. The Morgan fingerprint density at radius 1 is 1.22 bits per heavy atom. The third kappa shape index (κ3) is 2.88. The summed E-state index contributed by atoms with van der Waals surface area (Å²) in [5, 5.41) is 1.09. The minimum Gasteiger partial charge on any atom is -0.333 e. The minimum absolute atomic E-state index is 0.119. The van der Waals surface area contributed by atoms with Crippen molar-refractivity contribution < 1.29 is 4.79 Å². The fraction of sp³-hybridized carbons (Fsp3) is 0.556. The van der Waals surface area contributed by atoms with Gasteiger partial charge in [-0.3, -0.25) is 4.79 Å². The van der Waals surface area contributed by atoms with Crippen LogP contribution < -0.4 is 5.73 Å². The first-order valence-corrected chi connectivity index (χ1v) is 9.45. The number of nitrogens with two attached hydrogens (primary N) is 1. The number of hydrogen-bond acceptors (Lipinski definition) is 4. The highest BCUT2D eigenvalue weighted by Crippen LogP contribution is 2.38. The van der Waals surface area contributed by atoms with Gasteiger partial charge >= 0.3 is 0 Å². The second kappa shape index (κ2) is 6.21. The van der Waals surface area contributed by atoms with Gasteiger partial charge in [-0.2, -0.15) is 0 Å². The standard InChI is InChI=1S/C18H23N3OS/c19-13-6-3-5-12(11-13)18(22)21-10-4-8-15(21)17-20-14-7-1-2-9-16(14)23-17/h1-2,7,9,12-13,15H,3-6,8,10-11,19H2. The number of hydrogen-bond donors (Lipinski definition) is 1. The van der Waals surface area contributed by atoms with Crippen LogP contribution in [0.2, 0.25) is 0 Å². The Morgan fingerprint density at radius 3 is 2.91 bits per heavy atom. The maximum Gasteiger partial charge on any atom is 0.226 e. The molecule has 1 saturated carbocycles. The van der Waals surface area contributed by atoms with Crippen LogP contribution in [0.1, 0.15) is 49.6 Å². The molecule has 0 radical (unpaired) electrons. The second-order valence-corrected chi connectivity index (χ2v) is 7.90. The van der Waals surface area contributed by atoms with Crippen molar-refractivity contribution in [3.8, 4) is 0 Å². The highest BCUT2D eigenvalue weighted by atomic mass is 32.1. The van der Waals surface area contributed by atoms with Crippen LogP contribution in [0.25, 0.3) is 10.2 Å². The third-order valence-electron chi connectivity index (χ3n) is 5.20. The number of thiazole rings is 1. The summed E-state index contributed by atoms with van der Waals surface area (Å²) in [6.45, 7) is 0.866. The first-order chi connectivity index (χ1) is 11.2. The van der Waals surface area contributed by atoms with Crippen LogP contribution in [-0.4, -0.2) is 28.4 Å². The molecule has 1 amide bonds. The van der Waals surface area contributed by atoms with Crippen molar-refractivity contribution in [3.63, 3.8) is 0 Å². The molecular formula is C18H23N3OS. The van der Waals surface area contributed by atoms with Crippen molar-refractivity contribution in [1.29, 1.82) is 0 Å². The molecule has 1 aliphatic heterocycles. The molecule has 1 saturated heterocycles. The molecule has 1 aromatic carbocycles. The molecule has 2 aliphatic rings. The Bertz CT molecular complexity index is 680. The molecule has 0 spiro atoms. The number of para-hydroxylation sites is 1. The van der Waals surface area contributed by atoms with Crippen molar-refractivity contribution in [2.75, 3.05) is 6.54 Å². The highest BCUT2D eigenvalue weighted by molar-refractivity contribution is 7.18. The predicted octanol–water partition coefficient (Wildman–Crippen LogP) is 3.48. The molecule has 2 aromatic rings. The third-order valence-corrected chi connectivity index (χ3v) is 6.33. The van der Waals surface area contributed by atoms with E-state index in [1.54, 1.807) is 11.3 Å². The fourth-order valence-electron chi connectivity index (χ4n) is 4.01. The van der Waals surface area contributed by atoms with E-state index in [0.29, 0.717) is 5.91 Å². The molecule has 122 valence electrons. The van der Waals surface area contributed by atoms with E-state index >= 15 is 0 Å². The van der Waals surface area contributed by atoms with Crippen molar-refractivity contribution in [2.24, 2.45) is 11.7 Å². The number of aromatic nitrogens is 1. The first kappa shape index (κ1) is 15.1. The molecule has 23 heavy (non-hydrogen) atoms. The zero-order chi connectivity index (χ0) is 15.8. The van der Waals surface area contributed by atoms with Gasteiger partial charge in [0.15, 0.2) is 0 Å². The number of rotatable bonds is 2. The molecule has 0 bridgehead atoms. The molecule has 1 aliphatic carbocycles. The van der Waals surface area contributed by atoms with Crippen molar-refractivity contribution >= 4 is 27.5 Å². The van der Waals surface area contributed by atoms with E-state index in [1.807, 2.05) is 12.1 Å². The van der Waals surface area contributed by atoms with E-state index in [0.717, 1.165) is 55.6 Å². The van der Waals surface area contributed by atoms with Crippen molar-refractivity contribution in [2.45, 2.75) is 50.6 Å². The van der Waals surface area contributed by atoms with Crippen LogP contribution in [0.15, 0.2) is 24.3 Å². The summed E-state index contributed by atoms with van der Waals surface area (Å²) >= 11 is 1.73. The van der Waals surface area contributed by atoms with Gasteiger partial charge in [-0.25, -0.2) is 4.98 Å². The topological polar surface area (TPSA) is 59.2 Å². The van der Waals surface area contributed by atoms with Crippen LogP contribution in [0.4, 0.5) is 0 Å². The van der Waals surface area contributed by atoms with Crippen LogP contribution >= 0.6 is 11.3 Å². The van der Waals surface area contributed by atoms with Gasteiger partial charge in [0.05, 0.1) is 16.3 Å². The van der Waals surface area contributed by atoms with E-state index < -0.39 is 0 Å². The molecule has 3 atom stereocenters. The van der Waals surface area contributed by atoms with Gasteiger partial charge in [0.25, 0.3) is 0 Å². The van der Waals surface area contributed by atoms with Crippen LogP contribution in [-0.2, 0) is 4.79 Å². The fourth-order valence-corrected chi connectivity index (χ4v) is 5.12. The minimum atomic E-state index is 0.119. The molecule has 4 rings (SSSR count). The normalized spacial score (nSPS) is 28.4. The Hall–Kier alpha value is -1.46. The monoisotopic (exact) mass is 329 g/mol. The van der Waals surface area contributed by atoms with Gasteiger partial charge < -0.3 is 10.6 Å². The maximum atomic E-state index is 13.0. The quantitative estimate of drug-likeness (QED) is 0.917. The number of carbonyl (C=O) groups is 1. The summed E-state index contributed by atoms with van der Waals surface area (Å²) in [5.74, 6) is 0.427.